The van der Waals surface area contributed by atoms with Crippen molar-refractivity contribution in [1.82, 2.24) is 39.0 Å². The van der Waals surface area contributed by atoms with Gasteiger partial charge in [-0.25, -0.2) is 19.5 Å². The van der Waals surface area contributed by atoms with Crippen LogP contribution in [0.1, 0.15) is 12.5 Å². The number of H-pyrrole nitrogens is 2. The van der Waals surface area contributed by atoms with Crippen molar-refractivity contribution >= 4 is 44.4 Å². The second-order valence-corrected chi connectivity index (χ2v) is 12.1. The summed E-state index contributed by atoms with van der Waals surface area (Å²) in [5.41, 5.74) is 4.13. The fourth-order valence-electron chi connectivity index (χ4n) is 5.32. The number of rotatable bonds is 11. The minimum Gasteiger partial charge on any atom is -0.394 e. The summed E-state index contributed by atoms with van der Waals surface area (Å²) in [4.78, 5) is 65.2. The van der Waals surface area contributed by atoms with E-state index in [1.54, 1.807) is 0 Å². The standard InChI is InChI=1S/C21H25N9O14P2/c1-39-13-7(2-31)41-20(30-6-26-10-16(30)27-21(22)28-18(10)34)14(13)44-46(37,38)40-3-8-12(43-45(35)36)11(32)19(42-8)29-5-25-9-15(29)23-4-24-17(9)33/h4-8,11-14,19-20,31-32H,2-3H2,1H3,(H5-,22,23,24,27,28,33,34,35,36,37,38)/p+1/t7-,8-,11-,12-,13-,14-,19-,20-/m1/s1. The van der Waals surface area contributed by atoms with Gasteiger partial charge in [0.25, 0.3) is 11.1 Å². The first-order chi connectivity index (χ1) is 21.9. The molecule has 0 bridgehead atoms. The van der Waals surface area contributed by atoms with E-state index >= 15 is 0 Å². The first kappa shape index (κ1) is 32.4. The Hall–Kier alpha value is -3.57. The molecular weight excluding hydrogens is 664 g/mol. The monoisotopic (exact) mass is 690 g/mol. The Morgan fingerprint density at radius 2 is 1.72 bits per heavy atom. The number of nitrogens with two attached hydrogens (primary N) is 1. The molecule has 2 unspecified atom stereocenters. The number of aliphatic hydroxyl groups is 2. The number of fused-ring (bicyclic) bond motifs is 2. The summed E-state index contributed by atoms with van der Waals surface area (Å²) in [7, 11) is -7.19. The molecule has 25 heteroatoms. The molecule has 2 aliphatic rings. The van der Waals surface area contributed by atoms with Crippen LogP contribution in [-0.2, 0) is 36.9 Å². The predicted molar refractivity (Wildman–Crippen MR) is 148 cm³/mol. The van der Waals surface area contributed by atoms with Crippen LogP contribution < -0.4 is 16.9 Å². The fourth-order valence-corrected chi connectivity index (χ4v) is 6.72. The lowest BCUT2D eigenvalue weighted by molar-refractivity contribution is -0.0609. The van der Waals surface area contributed by atoms with E-state index in [1.807, 2.05) is 0 Å². The van der Waals surface area contributed by atoms with Crippen molar-refractivity contribution in [1.29, 1.82) is 0 Å². The molecule has 6 rings (SSSR count). The Labute approximate surface area is 255 Å². The number of phosphoric acid groups is 1. The molecule has 4 aromatic heterocycles. The molecule has 10 atom stereocenters. The smallest absolute Gasteiger partial charge is 0.394 e. The van der Waals surface area contributed by atoms with Crippen molar-refractivity contribution < 1.29 is 56.9 Å². The minimum absolute atomic E-state index is 0.000694. The van der Waals surface area contributed by atoms with E-state index in [9.17, 15) is 38.7 Å². The molecule has 8 N–H and O–H groups in total. The van der Waals surface area contributed by atoms with Crippen LogP contribution in [0.2, 0.25) is 0 Å². The van der Waals surface area contributed by atoms with Gasteiger partial charge in [0, 0.05) is 11.7 Å². The van der Waals surface area contributed by atoms with E-state index < -0.39 is 89.5 Å². The predicted octanol–water partition coefficient (Wildman–Crippen LogP) is -2.46. The van der Waals surface area contributed by atoms with Gasteiger partial charge >= 0.3 is 16.1 Å². The van der Waals surface area contributed by atoms with Gasteiger partial charge in [0.05, 0.1) is 32.2 Å². The zero-order valence-corrected chi connectivity index (χ0v) is 25.1. The lowest BCUT2D eigenvalue weighted by Gasteiger charge is -2.26. The van der Waals surface area contributed by atoms with Gasteiger partial charge in [0.15, 0.2) is 40.9 Å². The van der Waals surface area contributed by atoms with E-state index in [0.29, 0.717) is 0 Å². The molecule has 0 saturated carbocycles. The van der Waals surface area contributed by atoms with Crippen molar-refractivity contribution in [2.75, 3.05) is 26.1 Å². The number of hydrogen-bond acceptors (Lipinski definition) is 17. The second kappa shape index (κ2) is 12.6. The van der Waals surface area contributed by atoms with Gasteiger partial charge in [-0.05, 0) is 0 Å². The molecule has 2 fully saturated rings. The second-order valence-electron chi connectivity index (χ2n) is 9.98. The Morgan fingerprint density at radius 3 is 2.39 bits per heavy atom. The van der Waals surface area contributed by atoms with E-state index in [2.05, 4.69) is 29.9 Å². The number of imidazole rings is 2. The summed E-state index contributed by atoms with van der Waals surface area (Å²) >= 11 is 0. The summed E-state index contributed by atoms with van der Waals surface area (Å²) in [5.74, 6) is -0.252. The van der Waals surface area contributed by atoms with Crippen LogP contribution in [0.15, 0.2) is 28.6 Å². The number of ether oxygens (including phenoxy) is 3. The molecule has 0 radical (unpaired) electrons. The van der Waals surface area contributed by atoms with Gasteiger partial charge in [0.2, 0.25) is 5.95 Å². The Morgan fingerprint density at radius 1 is 1.04 bits per heavy atom. The number of methoxy groups -OCH3 is 1. The van der Waals surface area contributed by atoms with Crippen LogP contribution in [0.3, 0.4) is 0 Å². The number of nitrogen functional groups attached to an aromatic ring is 1. The van der Waals surface area contributed by atoms with Crippen molar-refractivity contribution in [3.63, 3.8) is 0 Å². The Kier molecular flexibility index (Phi) is 8.84. The maximum atomic E-state index is 13.3. The minimum atomic E-state index is -5.12. The van der Waals surface area contributed by atoms with Crippen LogP contribution in [0.4, 0.5) is 5.95 Å². The topological polar surface area (TPSA) is 324 Å². The molecule has 0 aromatic carbocycles. The first-order valence-electron chi connectivity index (χ1n) is 13.2. The lowest BCUT2D eigenvalue weighted by Crippen LogP contribution is -2.37. The molecule has 6 heterocycles. The fraction of sp³-hybridized carbons (Fsp3) is 0.524. The van der Waals surface area contributed by atoms with Crippen LogP contribution in [0.25, 0.3) is 22.3 Å². The van der Waals surface area contributed by atoms with Gasteiger partial charge < -0.3 is 40.0 Å². The van der Waals surface area contributed by atoms with Crippen LogP contribution >= 0.6 is 16.1 Å². The van der Waals surface area contributed by atoms with Gasteiger partial charge in [0.1, 0.15) is 30.5 Å². The van der Waals surface area contributed by atoms with E-state index in [4.69, 9.17) is 33.5 Å². The zero-order valence-electron chi connectivity index (χ0n) is 23.3. The molecule has 46 heavy (non-hydrogen) atoms. The number of phosphoric ester groups is 1. The van der Waals surface area contributed by atoms with Crippen LogP contribution in [0.5, 0.6) is 0 Å². The maximum absolute atomic E-state index is 13.3. The normalized spacial score (nSPS) is 29.9. The maximum Gasteiger partial charge on any atom is 0.695 e. The highest BCUT2D eigenvalue weighted by Gasteiger charge is 2.53. The average Bonchev–Trinajstić information content (AvgIpc) is 3.76. The van der Waals surface area contributed by atoms with E-state index in [-0.39, 0.29) is 28.3 Å². The summed E-state index contributed by atoms with van der Waals surface area (Å²) in [5, 5.41) is 20.8. The number of aromatic nitrogens is 8. The number of nitrogens with zero attached hydrogens (tertiary/aromatic N) is 6. The van der Waals surface area contributed by atoms with Crippen molar-refractivity contribution in [3.8, 4) is 0 Å². The molecular formula is C21H26N9O14P2+. The highest BCUT2D eigenvalue weighted by Crippen LogP contribution is 2.50. The first-order valence-corrected chi connectivity index (χ1v) is 15.8. The third kappa shape index (κ3) is 5.88. The van der Waals surface area contributed by atoms with Crippen LogP contribution in [0, 0.1) is 0 Å². The van der Waals surface area contributed by atoms with Crippen molar-refractivity contribution in [2.24, 2.45) is 0 Å². The summed E-state index contributed by atoms with van der Waals surface area (Å²) in [6.07, 6.45) is -7.81. The number of hydrogen-bond donors (Lipinski definition) is 7. The van der Waals surface area contributed by atoms with Gasteiger partial charge in [-0.3, -0.25) is 32.8 Å². The van der Waals surface area contributed by atoms with Gasteiger partial charge in [-0.2, -0.15) is 4.98 Å². The van der Waals surface area contributed by atoms with Gasteiger partial charge in [-0.15, -0.1) is 9.42 Å². The number of aromatic amines is 2. The van der Waals surface area contributed by atoms with E-state index in [0.717, 1.165) is 19.0 Å². The van der Waals surface area contributed by atoms with Crippen molar-refractivity contribution in [3.05, 3.63) is 39.7 Å². The third-order valence-electron chi connectivity index (χ3n) is 7.28. The third-order valence-corrected chi connectivity index (χ3v) is 8.69. The molecule has 23 nitrogen and oxygen atoms in total. The number of nitrogens with one attached hydrogen (secondary N) is 2. The van der Waals surface area contributed by atoms with Crippen molar-refractivity contribution in [2.45, 2.75) is 49.1 Å². The number of aliphatic hydroxyl groups excluding tert-OH is 2. The zero-order chi connectivity index (χ0) is 32.9. The Balaban J connectivity index is 1.24. The molecule has 4 aromatic rings. The molecule has 248 valence electrons. The largest absolute Gasteiger partial charge is 0.695 e. The summed E-state index contributed by atoms with van der Waals surface area (Å²) in [6.45, 7) is -1.44. The average molecular weight is 690 g/mol. The highest BCUT2D eigenvalue weighted by molar-refractivity contribution is 7.47. The summed E-state index contributed by atoms with van der Waals surface area (Å²) < 4.78 is 59.8. The molecule has 0 spiro atoms. The molecule has 0 amide bonds. The highest BCUT2D eigenvalue weighted by atomic mass is 31.2. The SMILES string of the molecule is CO[C@H]1[C@@H](OP(=O)(O)OC[C@H]2O[C@@H](n3cnc4c(=O)[nH]cnc43)[C@H](O)[C@@H]2O[P+](=O)O)[C@H](n2cnc3c(=O)[nH]c(N)nc32)O[C@@H]1CO. The number of anilines is 1. The molecule has 2 aliphatic heterocycles. The lowest BCUT2D eigenvalue weighted by atomic mass is 10.1. The molecule has 0 aliphatic carbocycles. The van der Waals surface area contributed by atoms with Gasteiger partial charge in [-0.1, -0.05) is 0 Å². The molecule has 2 saturated heterocycles. The van der Waals surface area contributed by atoms with E-state index in [1.165, 1.54) is 16.2 Å². The summed E-state index contributed by atoms with van der Waals surface area (Å²) in [6, 6.07) is 0. The van der Waals surface area contributed by atoms with Crippen LogP contribution in [-0.4, -0.2) is 116 Å². The Bertz CT molecular complexity index is 1930. The quantitative estimate of drug-likeness (QED) is 0.0802.